The van der Waals surface area contributed by atoms with E-state index in [2.05, 4.69) is 31.1 Å². The topological polar surface area (TPSA) is 15.3 Å². The summed E-state index contributed by atoms with van der Waals surface area (Å²) in [6.07, 6.45) is 3.78. The van der Waals surface area contributed by atoms with Gasteiger partial charge in [0.05, 0.1) is 0 Å². The van der Waals surface area contributed by atoms with Gasteiger partial charge in [-0.3, -0.25) is 0 Å². The minimum absolute atomic E-state index is 0.148. The van der Waals surface area contributed by atoms with E-state index in [9.17, 15) is 4.39 Å². The Morgan fingerprint density at radius 3 is 2.75 bits per heavy atom. The summed E-state index contributed by atoms with van der Waals surface area (Å²) in [5.74, 6) is 0.747. The Morgan fingerprint density at radius 1 is 1.40 bits per heavy atom. The van der Waals surface area contributed by atoms with E-state index in [4.69, 9.17) is 0 Å². The highest BCUT2D eigenvalue weighted by molar-refractivity contribution is 5.20. The van der Waals surface area contributed by atoms with Crippen molar-refractivity contribution < 1.29 is 4.39 Å². The van der Waals surface area contributed by atoms with Crippen LogP contribution in [-0.2, 0) is 0 Å². The molecule has 1 aliphatic rings. The predicted octanol–water partition coefficient (Wildman–Crippen LogP) is 3.60. The first-order chi connectivity index (χ1) is 9.61. The number of nitrogens with zero attached hydrogens (tertiary/aromatic N) is 1. The van der Waals surface area contributed by atoms with Crippen molar-refractivity contribution in [2.24, 2.45) is 5.92 Å². The summed E-state index contributed by atoms with van der Waals surface area (Å²) in [5, 5.41) is 3.47. The molecule has 0 radical (unpaired) electrons. The molecule has 0 spiro atoms. The number of hydrogen-bond acceptors (Lipinski definition) is 2. The van der Waals surface area contributed by atoms with Crippen LogP contribution in [0.5, 0.6) is 0 Å². The van der Waals surface area contributed by atoms with Crippen molar-refractivity contribution in [1.29, 1.82) is 0 Å². The molecule has 0 aromatic heterocycles. The Balaban J connectivity index is 1.91. The number of nitrogens with one attached hydrogen (secondary N) is 1. The van der Waals surface area contributed by atoms with E-state index in [0.717, 1.165) is 31.0 Å². The minimum Gasteiger partial charge on any atom is -0.310 e. The lowest BCUT2D eigenvalue weighted by Gasteiger charge is -2.27. The van der Waals surface area contributed by atoms with Crippen molar-refractivity contribution in [3.8, 4) is 0 Å². The van der Waals surface area contributed by atoms with Gasteiger partial charge in [0.1, 0.15) is 5.82 Å². The molecule has 1 aromatic carbocycles. The maximum absolute atomic E-state index is 13.4. The van der Waals surface area contributed by atoms with Gasteiger partial charge in [0.25, 0.3) is 0 Å². The second-order valence-corrected chi connectivity index (χ2v) is 6.01. The summed E-state index contributed by atoms with van der Waals surface area (Å²) in [6.45, 7) is 6.37. The number of benzene rings is 1. The van der Waals surface area contributed by atoms with Crippen LogP contribution < -0.4 is 5.32 Å². The van der Waals surface area contributed by atoms with Crippen molar-refractivity contribution >= 4 is 0 Å². The zero-order valence-electron chi connectivity index (χ0n) is 12.9. The quantitative estimate of drug-likeness (QED) is 0.781. The molecule has 1 fully saturated rings. The van der Waals surface area contributed by atoms with Crippen LogP contribution in [0.15, 0.2) is 24.3 Å². The van der Waals surface area contributed by atoms with E-state index < -0.39 is 0 Å². The monoisotopic (exact) mass is 278 g/mol. The Morgan fingerprint density at radius 2 is 2.15 bits per heavy atom. The van der Waals surface area contributed by atoms with E-state index in [1.165, 1.54) is 18.9 Å². The van der Waals surface area contributed by atoms with E-state index in [1.54, 1.807) is 12.1 Å². The predicted molar refractivity (Wildman–Crippen MR) is 82.3 cm³/mol. The fraction of sp³-hybridized carbons (Fsp3) is 0.647. The second-order valence-electron chi connectivity index (χ2n) is 6.01. The van der Waals surface area contributed by atoms with E-state index in [1.807, 2.05) is 6.07 Å². The van der Waals surface area contributed by atoms with Crippen LogP contribution in [0.3, 0.4) is 0 Å². The molecule has 0 amide bonds. The smallest absolute Gasteiger partial charge is 0.123 e. The molecule has 1 aromatic rings. The fourth-order valence-electron chi connectivity index (χ4n) is 2.83. The number of halogens is 1. The number of hydrogen-bond donors (Lipinski definition) is 1. The molecule has 1 saturated carbocycles. The molecule has 20 heavy (non-hydrogen) atoms. The molecule has 1 N–H and O–H groups in total. The van der Waals surface area contributed by atoms with E-state index in [-0.39, 0.29) is 11.9 Å². The van der Waals surface area contributed by atoms with Gasteiger partial charge >= 0.3 is 0 Å². The molecule has 112 valence electrons. The zero-order valence-corrected chi connectivity index (χ0v) is 12.9. The molecule has 2 rings (SSSR count). The Bertz CT molecular complexity index is 417. The highest BCUT2D eigenvalue weighted by Crippen LogP contribution is 2.34. The van der Waals surface area contributed by atoms with Crippen LogP contribution >= 0.6 is 0 Å². The Labute approximate surface area is 122 Å². The zero-order chi connectivity index (χ0) is 14.5. The van der Waals surface area contributed by atoms with Crippen LogP contribution in [0.2, 0.25) is 0 Å². The molecule has 0 heterocycles. The molecule has 2 atom stereocenters. The maximum atomic E-state index is 13.4. The fourth-order valence-corrected chi connectivity index (χ4v) is 2.83. The molecule has 3 heteroatoms. The molecule has 0 bridgehead atoms. The van der Waals surface area contributed by atoms with Gasteiger partial charge in [0.2, 0.25) is 0 Å². The summed E-state index contributed by atoms with van der Waals surface area (Å²) in [5.41, 5.74) is 1.05. The minimum atomic E-state index is -0.148. The molecule has 2 unspecified atom stereocenters. The third-order valence-electron chi connectivity index (χ3n) is 4.47. The van der Waals surface area contributed by atoms with Gasteiger partial charge in [-0.1, -0.05) is 19.1 Å². The van der Waals surface area contributed by atoms with Gasteiger partial charge in [-0.05, 0) is 69.9 Å². The van der Waals surface area contributed by atoms with Gasteiger partial charge in [-0.2, -0.15) is 0 Å². The normalized spacial score (nSPS) is 18.2. The van der Waals surface area contributed by atoms with Gasteiger partial charge in [-0.15, -0.1) is 0 Å². The highest BCUT2D eigenvalue weighted by atomic mass is 19.1. The van der Waals surface area contributed by atoms with E-state index in [0.29, 0.717) is 6.04 Å². The van der Waals surface area contributed by atoms with Gasteiger partial charge in [-0.25, -0.2) is 4.39 Å². The first-order valence-corrected chi connectivity index (χ1v) is 7.81. The molecule has 0 aliphatic heterocycles. The van der Waals surface area contributed by atoms with Crippen LogP contribution in [0.4, 0.5) is 4.39 Å². The van der Waals surface area contributed by atoms with Gasteiger partial charge < -0.3 is 10.2 Å². The summed E-state index contributed by atoms with van der Waals surface area (Å²) < 4.78 is 13.4. The lowest BCUT2D eigenvalue weighted by atomic mass is 10.0. The highest BCUT2D eigenvalue weighted by Gasteiger charge is 2.30. The van der Waals surface area contributed by atoms with Gasteiger partial charge in [0.15, 0.2) is 0 Å². The van der Waals surface area contributed by atoms with Crippen molar-refractivity contribution in [3.05, 3.63) is 35.6 Å². The van der Waals surface area contributed by atoms with Crippen molar-refractivity contribution in [1.82, 2.24) is 10.2 Å². The van der Waals surface area contributed by atoms with Crippen LogP contribution in [0.1, 0.15) is 44.7 Å². The first-order valence-electron chi connectivity index (χ1n) is 7.81. The lowest BCUT2D eigenvalue weighted by molar-refractivity contribution is 0.222. The molecular weight excluding hydrogens is 251 g/mol. The molecule has 1 aliphatic carbocycles. The number of rotatable bonds is 8. The maximum Gasteiger partial charge on any atom is 0.123 e. The second kappa shape index (κ2) is 7.19. The van der Waals surface area contributed by atoms with Gasteiger partial charge in [0, 0.05) is 12.1 Å². The summed E-state index contributed by atoms with van der Waals surface area (Å²) in [4.78, 5) is 2.45. The molecule has 0 saturated heterocycles. The largest absolute Gasteiger partial charge is 0.310 e. The average Bonchev–Trinajstić information content (AvgIpc) is 3.26. The van der Waals surface area contributed by atoms with Crippen molar-refractivity contribution in [2.75, 3.05) is 20.1 Å². The third-order valence-corrected chi connectivity index (χ3v) is 4.47. The van der Waals surface area contributed by atoms with Crippen LogP contribution in [-0.4, -0.2) is 31.1 Å². The average molecular weight is 278 g/mol. The molecular formula is C17H27FN2. The summed E-state index contributed by atoms with van der Waals surface area (Å²) in [6, 6.07) is 7.88. The standard InChI is InChI=1S/C17H27FN2/c1-4-19-17(15-6-5-7-16(18)12-15)10-11-20(3)13(2)14-8-9-14/h5-7,12-14,17,19H,4,8-11H2,1-3H3. The van der Waals surface area contributed by atoms with Crippen LogP contribution in [0.25, 0.3) is 0 Å². The Kier molecular flexibility index (Phi) is 5.55. The van der Waals surface area contributed by atoms with Crippen molar-refractivity contribution in [3.63, 3.8) is 0 Å². The molecule has 2 nitrogen and oxygen atoms in total. The first kappa shape index (κ1) is 15.5. The summed E-state index contributed by atoms with van der Waals surface area (Å²) >= 11 is 0. The third kappa shape index (κ3) is 4.29. The Hall–Kier alpha value is -0.930. The lowest BCUT2D eigenvalue weighted by Crippen LogP contribution is -2.34. The SMILES string of the molecule is CCNC(CCN(C)C(C)C1CC1)c1cccc(F)c1. The summed E-state index contributed by atoms with van der Waals surface area (Å²) in [7, 11) is 2.21. The van der Waals surface area contributed by atoms with Crippen molar-refractivity contribution in [2.45, 2.75) is 45.2 Å². The van der Waals surface area contributed by atoms with E-state index >= 15 is 0 Å². The van der Waals surface area contributed by atoms with Crippen LogP contribution in [0, 0.1) is 11.7 Å².